The first-order valence-electron chi connectivity index (χ1n) is 9.80. The number of anilines is 1. The van der Waals surface area contributed by atoms with Crippen molar-refractivity contribution in [1.29, 1.82) is 0 Å². The van der Waals surface area contributed by atoms with Crippen molar-refractivity contribution in [2.45, 2.75) is 54.0 Å². The number of hydrogen-bond donors (Lipinski definition) is 1. The van der Waals surface area contributed by atoms with Crippen molar-refractivity contribution in [3.05, 3.63) is 46.8 Å². The fraction of sp³-hybridized carbons (Fsp3) is 0.500. The first-order chi connectivity index (χ1) is 13.2. The van der Waals surface area contributed by atoms with Crippen LogP contribution in [0.1, 0.15) is 42.8 Å². The van der Waals surface area contributed by atoms with Crippen LogP contribution in [-0.2, 0) is 22.6 Å². The van der Waals surface area contributed by atoms with Crippen molar-refractivity contribution in [3.63, 3.8) is 0 Å². The van der Waals surface area contributed by atoms with E-state index in [1.807, 2.05) is 42.8 Å². The van der Waals surface area contributed by atoms with E-state index in [0.717, 1.165) is 34.7 Å². The molecule has 0 aliphatic rings. The first kappa shape index (κ1) is 21.7. The highest BCUT2D eigenvalue weighted by atomic mass is 16.2. The van der Waals surface area contributed by atoms with E-state index in [9.17, 15) is 9.59 Å². The summed E-state index contributed by atoms with van der Waals surface area (Å²) in [5.41, 5.74) is 5.10. The van der Waals surface area contributed by atoms with Crippen molar-refractivity contribution in [2.24, 2.45) is 5.92 Å². The minimum Gasteiger partial charge on any atom is -0.336 e. The largest absolute Gasteiger partial charge is 0.336 e. The van der Waals surface area contributed by atoms with Gasteiger partial charge in [0.25, 0.3) is 0 Å². The number of nitrogens with zero attached hydrogens (tertiary/aromatic N) is 3. The van der Waals surface area contributed by atoms with Crippen LogP contribution in [0.4, 0.5) is 5.69 Å². The first-order valence-corrected chi connectivity index (χ1v) is 9.80. The number of hydrogen-bond acceptors (Lipinski definition) is 3. The van der Waals surface area contributed by atoms with Gasteiger partial charge in [0, 0.05) is 31.4 Å². The van der Waals surface area contributed by atoms with Gasteiger partial charge in [-0.1, -0.05) is 31.5 Å². The van der Waals surface area contributed by atoms with E-state index in [2.05, 4.69) is 31.2 Å². The summed E-state index contributed by atoms with van der Waals surface area (Å²) in [7, 11) is 1.67. The highest BCUT2D eigenvalue weighted by molar-refractivity contribution is 5.94. The molecule has 0 radical (unpaired) electrons. The summed E-state index contributed by atoms with van der Waals surface area (Å²) in [5.74, 6) is 0.275. The Balaban J connectivity index is 1.88. The van der Waals surface area contributed by atoms with E-state index >= 15 is 0 Å². The third kappa shape index (κ3) is 5.94. The highest BCUT2D eigenvalue weighted by Crippen LogP contribution is 2.17. The van der Waals surface area contributed by atoms with Gasteiger partial charge in [-0.2, -0.15) is 5.10 Å². The quantitative estimate of drug-likeness (QED) is 0.757. The number of aryl methyl sites for hydroxylation is 2. The summed E-state index contributed by atoms with van der Waals surface area (Å²) < 4.78 is 2.03. The van der Waals surface area contributed by atoms with Crippen molar-refractivity contribution in [3.8, 4) is 0 Å². The Morgan fingerprint density at radius 2 is 1.79 bits per heavy atom. The zero-order valence-electron chi connectivity index (χ0n) is 17.9. The van der Waals surface area contributed by atoms with E-state index in [0.29, 0.717) is 18.8 Å². The van der Waals surface area contributed by atoms with Gasteiger partial charge in [-0.15, -0.1) is 0 Å². The Morgan fingerprint density at radius 1 is 1.14 bits per heavy atom. The molecular formula is C22H32N4O2. The highest BCUT2D eigenvalue weighted by Gasteiger charge is 2.17. The minimum absolute atomic E-state index is 0.0390. The molecule has 0 aliphatic carbocycles. The predicted octanol–water partition coefficient (Wildman–Crippen LogP) is 3.49. The smallest absolute Gasteiger partial charge is 0.243 e. The second kappa shape index (κ2) is 9.53. The fourth-order valence-electron chi connectivity index (χ4n) is 3.18. The van der Waals surface area contributed by atoms with Gasteiger partial charge < -0.3 is 10.2 Å². The molecule has 2 aromatic rings. The van der Waals surface area contributed by atoms with Gasteiger partial charge in [-0.25, -0.2) is 0 Å². The molecule has 0 bridgehead atoms. The minimum atomic E-state index is -0.197. The summed E-state index contributed by atoms with van der Waals surface area (Å²) in [4.78, 5) is 26.1. The summed E-state index contributed by atoms with van der Waals surface area (Å²) in [6.45, 7) is 11.3. The summed E-state index contributed by atoms with van der Waals surface area (Å²) in [5, 5.41) is 7.42. The second-order valence-electron chi connectivity index (χ2n) is 7.89. The van der Waals surface area contributed by atoms with Gasteiger partial charge in [0.1, 0.15) is 0 Å². The molecule has 2 amide bonds. The molecule has 1 heterocycles. The van der Waals surface area contributed by atoms with Crippen LogP contribution in [0.5, 0.6) is 0 Å². The van der Waals surface area contributed by atoms with Crippen LogP contribution in [0.2, 0.25) is 0 Å². The lowest BCUT2D eigenvalue weighted by Crippen LogP contribution is -2.35. The standard InChI is InChI=1S/C22H32N4O2/c1-15(2)13-26-18(5)20(17(4)24-26)11-12-22(28)25(6)14-21(27)23-19-9-7-16(3)8-10-19/h7-10,15H,11-14H2,1-6H3,(H,23,27). The normalized spacial score (nSPS) is 11.0. The molecule has 0 saturated heterocycles. The maximum absolute atomic E-state index is 12.5. The van der Waals surface area contributed by atoms with Crippen molar-refractivity contribution < 1.29 is 9.59 Å². The van der Waals surface area contributed by atoms with Crippen LogP contribution in [0, 0.1) is 26.7 Å². The van der Waals surface area contributed by atoms with Crippen LogP contribution < -0.4 is 5.32 Å². The molecular weight excluding hydrogens is 352 g/mol. The molecule has 2 rings (SSSR count). The topological polar surface area (TPSA) is 67.2 Å². The zero-order valence-corrected chi connectivity index (χ0v) is 17.9. The van der Waals surface area contributed by atoms with Crippen molar-refractivity contribution in [1.82, 2.24) is 14.7 Å². The van der Waals surface area contributed by atoms with E-state index in [-0.39, 0.29) is 18.4 Å². The van der Waals surface area contributed by atoms with Crippen LogP contribution in [0.3, 0.4) is 0 Å². The van der Waals surface area contributed by atoms with Crippen LogP contribution in [-0.4, -0.2) is 40.1 Å². The van der Waals surface area contributed by atoms with Gasteiger partial charge in [-0.05, 0) is 50.8 Å². The van der Waals surface area contributed by atoms with Crippen LogP contribution >= 0.6 is 0 Å². The number of carbonyl (C=O) groups excluding carboxylic acids is 2. The lowest BCUT2D eigenvalue weighted by atomic mass is 10.1. The molecule has 0 spiro atoms. The molecule has 6 heteroatoms. The van der Waals surface area contributed by atoms with Gasteiger partial charge in [-0.3, -0.25) is 14.3 Å². The lowest BCUT2D eigenvalue weighted by molar-refractivity contribution is -0.133. The lowest BCUT2D eigenvalue weighted by Gasteiger charge is -2.17. The average Bonchev–Trinajstić information content (AvgIpc) is 2.87. The van der Waals surface area contributed by atoms with Gasteiger partial charge >= 0.3 is 0 Å². The Morgan fingerprint density at radius 3 is 2.39 bits per heavy atom. The Kier molecular flexibility index (Phi) is 7.38. The molecule has 152 valence electrons. The molecule has 28 heavy (non-hydrogen) atoms. The van der Waals surface area contributed by atoms with Gasteiger partial charge in [0.2, 0.25) is 11.8 Å². The molecule has 0 atom stereocenters. The van der Waals surface area contributed by atoms with Gasteiger partial charge in [0.05, 0.1) is 12.2 Å². The van der Waals surface area contributed by atoms with Crippen molar-refractivity contribution >= 4 is 17.5 Å². The summed E-state index contributed by atoms with van der Waals surface area (Å²) in [6, 6.07) is 7.59. The molecule has 0 unspecified atom stereocenters. The zero-order chi connectivity index (χ0) is 20.8. The van der Waals surface area contributed by atoms with Crippen LogP contribution in [0.25, 0.3) is 0 Å². The number of nitrogens with one attached hydrogen (secondary N) is 1. The molecule has 6 nitrogen and oxygen atoms in total. The van der Waals surface area contributed by atoms with Crippen LogP contribution in [0.15, 0.2) is 24.3 Å². The van der Waals surface area contributed by atoms with E-state index in [4.69, 9.17) is 0 Å². The maximum Gasteiger partial charge on any atom is 0.243 e. The number of carbonyl (C=O) groups is 2. The third-order valence-corrected chi connectivity index (χ3v) is 4.80. The Labute approximate surface area is 167 Å². The molecule has 1 aromatic carbocycles. The second-order valence-corrected chi connectivity index (χ2v) is 7.89. The number of amides is 2. The number of rotatable bonds is 8. The molecule has 0 fully saturated rings. The summed E-state index contributed by atoms with van der Waals surface area (Å²) in [6.07, 6.45) is 1.00. The summed E-state index contributed by atoms with van der Waals surface area (Å²) >= 11 is 0. The number of likely N-dealkylation sites (N-methyl/N-ethyl adjacent to an activating group) is 1. The monoisotopic (exact) mass is 384 g/mol. The molecule has 1 aromatic heterocycles. The Hall–Kier alpha value is -2.63. The molecule has 1 N–H and O–H groups in total. The fourth-order valence-corrected chi connectivity index (χ4v) is 3.18. The average molecular weight is 385 g/mol. The number of benzene rings is 1. The van der Waals surface area contributed by atoms with Gasteiger partial charge in [0.15, 0.2) is 0 Å². The predicted molar refractivity (Wildman–Crippen MR) is 112 cm³/mol. The molecule has 0 saturated carbocycles. The Bertz CT molecular complexity index is 822. The number of aromatic nitrogens is 2. The SMILES string of the molecule is Cc1ccc(NC(=O)CN(C)C(=O)CCc2c(C)nn(CC(C)C)c2C)cc1. The van der Waals surface area contributed by atoms with Crippen molar-refractivity contribution in [2.75, 3.05) is 18.9 Å². The molecule has 0 aliphatic heterocycles. The van der Waals surface area contributed by atoms with E-state index in [1.54, 1.807) is 7.05 Å². The third-order valence-electron chi connectivity index (χ3n) is 4.80. The maximum atomic E-state index is 12.5. The van der Waals surface area contributed by atoms with E-state index < -0.39 is 0 Å². The van der Waals surface area contributed by atoms with E-state index in [1.165, 1.54) is 4.90 Å².